The molecule has 0 amide bonds. The summed E-state index contributed by atoms with van der Waals surface area (Å²) in [5, 5.41) is 0. The molecular weight excluding hydrogens is 256 g/mol. The van der Waals surface area contributed by atoms with E-state index in [1.54, 1.807) is 0 Å². The number of nitrogens with one attached hydrogen (secondary N) is 1. The zero-order chi connectivity index (χ0) is 15.0. The second kappa shape index (κ2) is 14.2. The van der Waals surface area contributed by atoms with Gasteiger partial charge in [0.2, 0.25) is 6.33 Å². The first-order valence-corrected chi connectivity index (χ1v) is 9.45. The molecule has 2 heteroatoms. The molecule has 0 fully saturated rings. The first-order valence-electron chi connectivity index (χ1n) is 9.45. The van der Waals surface area contributed by atoms with Gasteiger partial charge in [0.15, 0.2) is 0 Å². The molecule has 0 saturated carbocycles. The summed E-state index contributed by atoms with van der Waals surface area (Å²) in [5.41, 5.74) is 0. The third-order valence-corrected chi connectivity index (χ3v) is 4.37. The average Bonchev–Trinajstić information content (AvgIpc) is 3.01. The van der Waals surface area contributed by atoms with Gasteiger partial charge in [-0.15, -0.1) is 0 Å². The van der Waals surface area contributed by atoms with E-state index in [-0.39, 0.29) is 0 Å². The van der Waals surface area contributed by atoms with Gasteiger partial charge in [0, 0.05) is 0 Å². The van der Waals surface area contributed by atoms with E-state index in [2.05, 4.69) is 22.7 Å². The molecule has 1 heterocycles. The molecule has 0 aliphatic heterocycles. The van der Waals surface area contributed by atoms with Crippen molar-refractivity contribution in [1.82, 2.24) is 4.98 Å². The molecule has 0 spiro atoms. The fourth-order valence-electron chi connectivity index (χ4n) is 2.95. The molecule has 1 N–H and O–H groups in total. The van der Waals surface area contributed by atoms with Crippen LogP contribution in [-0.4, -0.2) is 4.98 Å². The Morgan fingerprint density at radius 1 is 0.667 bits per heavy atom. The Labute approximate surface area is 132 Å². The van der Waals surface area contributed by atoms with Crippen molar-refractivity contribution in [3.63, 3.8) is 0 Å². The SMILES string of the molecule is CCCCCCCCCCCCCCCC[n+]1cc[nH]c1. The number of aryl methyl sites for hydroxylation is 1. The highest BCUT2D eigenvalue weighted by Gasteiger charge is 1.97. The van der Waals surface area contributed by atoms with E-state index in [9.17, 15) is 0 Å². The normalized spacial score (nSPS) is 11.1. The number of imidazole rings is 1. The van der Waals surface area contributed by atoms with Crippen LogP contribution in [0, 0.1) is 0 Å². The third kappa shape index (κ3) is 11.5. The van der Waals surface area contributed by atoms with E-state index in [1.165, 1.54) is 96.4 Å². The quantitative estimate of drug-likeness (QED) is 0.312. The fourth-order valence-corrected chi connectivity index (χ4v) is 2.95. The highest BCUT2D eigenvalue weighted by molar-refractivity contribution is 4.55. The van der Waals surface area contributed by atoms with Crippen molar-refractivity contribution >= 4 is 0 Å². The molecule has 0 saturated heterocycles. The number of aromatic nitrogens is 2. The van der Waals surface area contributed by atoms with Gasteiger partial charge in [-0.05, 0) is 12.8 Å². The van der Waals surface area contributed by atoms with Crippen molar-refractivity contribution in [2.45, 2.75) is 103 Å². The molecule has 0 bridgehead atoms. The van der Waals surface area contributed by atoms with Gasteiger partial charge >= 0.3 is 0 Å². The van der Waals surface area contributed by atoms with Gasteiger partial charge < -0.3 is 0 Å². The highest BCUT2D eigenvalue weighted by Crippen LogP contribution is 2.12. The summed E-state index contributed by atoms with van der Waals surface area (Å²) in [4.78, 5) is 3.09. The summed E-state index contributed by atoms with van der Waals surface area (Å²) in [7, 11) is 0. The Hall–Kier alpha value is -0.790. The Bertz CT molecular complexity index is 293. The van der Waals surface area contributed by atoms with Crippen LogP contribution in [0.4, 0.5) is 0 Å². The van der Waals surface area contributed by atoms with Crippen LogP contribution in [0.25, 0.3) is 0 Å². The smallest absolute Gasteiger partial charge is 0.241 e. The van der Waals surface area contributed by atoms with Crippen molar-refractivity contribution in [3.8, 4) is 0 Å². The van der Waals surface area contributed by atoms with Crippen molar-refractivity contribution in [2.24, 2.45) is 0 Å². The predicted octanol–water partition coefficient (Wildman–Crippen LogP) is 5.78. The first-order chi connectivity index (χ1) is 10.4. The molecule has 1 aromatic rings. The second-order valence-electron chi connectivity index (χ2n) is 6.45. The largest absolute Gasteiger partial charge is 0.250 e. The molecule has 0 aliphatic carbocycles. The van der Waals surface area contributed by atoms with Crippen molar-refractivity contribution in [1.29, 1.82) is 0 Å². The van der Waals surface area contributed by atoms with Gasteiger partial charge in [0.25, 0.3) is 0 Å². The minimum atomic E-state index is 1.17. The zero-order valence-electron chi connectivity index (χ0n) is 14.3. The number of hydrogen-bond acceptors (Lipinski definition) is 0. The molecule has 122 valence electrons. The molecule has 0 aromatic carbocycles. The molecule has 0 unspecified atom stereocenters. The summed E-state index contributed by atoms with van der Waals surface area (Å²) in [6.07, 6.45) is 26.2. The summed E-state index contributed by atoms with van der Waals surface area (Å²) in [6, 6.07) is 0. The summed E-state index contributed by atoms with van der Waals surface area (Å²) < 4.78 is 2.24. The Kier molecular flexibility index (Phi) is 12.3. The molecule has 0 radical (unpaired) electrons. The lowest BCUT2D eigenvalue weighted by Crippen LogP contribution is -2.30. The molecule has 0 aliphatic rings. The summed E-state index contributed by atoms with van der Waals surface area (Å²) in [6.45, 7) is 3.46. The van der Waals surface area contributed by atoms with Crippen LogP contribution in [0.15, 0.2) is 18.7 Å². The lowest BCUT2D eigenvalue weighted by atomic mass is 10.0. The number of unbranched alkanes of at least 4 members (excludes halogenated alkanes) is 13. The third-order valence-electron chi connectivity index (χ3n) is 4.37. The maximum absolute atomic E-state index is 3.09. The average molecular weight is 294 g/mol. The van der Waals surface area contributed by atoms with E-state index in [1.807, 2.05) is 12.5 Å². The fraction of sp³-hybridized carbons (Fsp3) is 0.842. The van der Waals surface area contributed by atoms with Crippen molar-refractivity contribution < 1.29 is 4.57 Å². The van der Waals surface area contributed by atoms with E-state index < -0.39 is 0 Å². The van der Waals surface area contributed by atoms with Crippen LogP contribution in [0.5, 0.6) is 0 Å². The minimum absolute atomic E-state index is 1.17. The Morgan fingerprint density at radius 2 is 1.14 bits per heavy atom. The number of rotatable bonds is 15. The summed E-state index contributed by atoms with van der Waals surface area (Å²) >= 11 is 0. The lowest BCUT2D eigenvalue weighted by Gasteiger charge is -2.03. The molecule has 21 heavy (non-hydrogen) atoms. The van der Waals surface area contributed by atoms with Crippen molar-refractivity contribution in [2.75, 3.05) is 0 Å². The van der Waals surface area contributed by atoms with Crippen LogP contribution >= 0.6 is 0 Å². The van der Waals surface area contributed by atoms with Gasteiger partial charge in [-0.2, -0.15) is 0 Å². The predicted molar refractivity (Wildman–Crippen MR) is 91.3 cm³/mol. The van der Waals surface area contributed by atoms with Crippen LogP contribution in [0.2, 0.25) is 0 Å². The monoisotopic (exact) mass is 293 g/mol. The first kappa shape index (κ1) is 18.3. The van der Waals surface area contributed by atoms with Crippen LogP contribution in [0.1, 0.15) is 96.8 Å². The highest BCUT2D eigenvalue weighted by atomic mass is 15.0. The number of H-pyrrole nitrogens is 1. The zero-order valence-corrected chi connectivity index (χ0v) is 14.3. The molecule has 0 atom stereocenters. The second-order valence-corrected chi connectivity index (χ2v) is 6.45. The van der Waals surface area contributed by atoms with Gasteiger partial charge in [0.05, 0.1) is 6.54 Å². The van der Waals surface area contributed by atoms with E-state index in [0.29, 0.717) is 0 Å². The summed E-state index contributed by atoms with van der Waals surface area (Å²) in [5.74, 6) is 0. The van der Waals surface area contributed by atoms with E-state index in [4.69, 9.17) is 0 Å². The maximum atomic E-state index is 3.09. The van der Waals surface area contributed by atoms with Crippen LogP contribution in [-0.2, 0) is 6.54 Å². The number of nitrogens with zero attached hydrogens (tertiary/aromatic N) is 1. The molecule has 1 rings (SSSR count). The topological polar surface area (TPSA) is 19.7 Å². The molecular formula is C19H37N2+. The van der Waals surface area contributed by atoms with Gasteiger partial charge in [-0.1, -0.05) is 84.0 Å². The Balaban J connectivity index is 1.69. The number of hydrogen-bond donors (Lipinski definition) is 1. The van der Waals surface area contributed by atoms with E-state index >= 15 is 0 Å². The lowest BCUT2D eigenvalue weighted by molar-refractivity contribution is -0.696. The van der Waals surface area contributed by atoms with Crippen molar-refractivity contribution in [3.05, 3.63) is 18.7 Å². The van der Waals surface area contributed by atoms with Crippen LogP contribution in [0.3, 0.4) is 0 Å². The Morgan fingerprint density at radius 3 is 1.57 bits per heavy atom. The standard InChI is InChI=1S/C19H36N2/c1-2-3-4-5-6-7-8-9-10-11-12-13-14-15-17-21-18-16-20-19-21/h16,18-19H,2-15,17H2,1H3/p+1. The maximum Gasteiger partial charge on any atom is 0.241 e. The van der Waals surface area contributed by atoms with Crippen LogP contribution < -0.4 is 4.57 Å². The van der Waals surface area contributed by atoms with Gasteiger partial charge in [-0.25, -0.2) is 4.57 Å². The minimum Gasteiger partial charge on any atom is -0.250 e. The van der Waals surface area contributed by atoms with Gasteiger partial charge in [-0.3, -0.25) is 4.98 Å². The molecule has 1 aromatic heterocycles. The van der Waals surface area contributed by atoms with Gasteiger partial charge in [0.1, 0.15) is 12.4 Å². The number of aromatic amines is 1. The van der Waals surface area contributed by atoms with E-state index in [0.717, 1.165) is 0 Å². The molecule has 2 nitrogen and oxygen atoms in total.